The third-order valence-corrected chi connectivity index (χ3v) is 30.5. The van der Waals surface area contributed by atoms with E-state index < -0.39 is 5.41 Å². The normalized spacial score (nSPS) is 30.8. The molecule has 8 bridgehead atoms. The molecule has 0 saturated heterocycles. The van der Waals surface area contributed by atoms with Gasteiger partial charge in [0, 0.05) is 86.8 Å². The Balaban J connectivity index is 0.00000616. The van der Waals surface area contributed by atoms with E-state index in [0.717, 1.165) is 136 Å². The number of aromatic nitrogens is 2. The van der Waals surface area contributed by atoms with Crippen LogP contribution in [-0.4, -0.2) is 31.6 Å². The fourth-order valence-corrected chi connectivity index (χ4v) is 23.7. The third-order valence-electron chi connectivity index (χ3n) is 30.5. The first-order chi connectivity index (χ1) is 43.9. The molecule has 4 heterocycles. The summed E-state index contributed by atoms with van der Waals surface area (Å²) in [5.74, 6) is 2.18. The standard InChI is InChI=1S/C87H88N2O3.H2O/c1-44(2)84-26-18-80(10,19-27-84)63-36-52-55-34-54-49-16-14-15-17-50(49)71-62(72(54)74-61-39-66-59(79(92)87(47(7)8)32-24-83(66,13)25-33-87)43-70(61)88(75(55)74)67(52)40-51(63)48(84)9)35-56-53-37-64-57(77(90)85(45(3)4)28-20-81(64,11)21-29-85)41-68(53)89-69-42-58-65(38-60(69)73(71)76(56)89)82(12)22-30-86(31-23-82,46(5)6)78(58)91;/h14-17,34-47H,9,18-33H2,1-8,10-13H3;1H2. The van der Waals surface area contributed by atoms with Crippen molar-refractivity contribution in [3.05, 3.63) is 136 Å². The maximum atomic E-state index is 15.9. The van der Waals surface area contributed by atoms with Crippen molar-refractivity contribution in [3.8, 4) is 0 Å². The third kappa shape index (κ3) is 6.31. The highest BCUT2D eigenvalue weighted by Gasteiger charge is 2.57. The molecular weight excluding hydrogens is 1140 g/mol. The van der Waals surface area contributed by atoms with E-state index in [1.807, 2.05) is 0 Å². The van der Waals surface area contributed by atoms with E-state index in [1.54, 1.807) is 0 Å². The maximum absolute atomic E-state index is 15.9. The average molecular weight is 1230 g/mol. The number of benzene rings is 8. The number of fused-ring (bicyclic) bond motifs is 28. The minimum atomic E-state index is -0.393. The Morgan fingerprint density at radius 1 is 0.323 bits per heavy atom. The predicted octanol–water partition coefficient (Wildman–Crippen LogP) is 22.1. The molecule has 0 atom stereocenters. The Morgan fingerprint density at radius 2 is 0.624 bits per heavy atom. The second-order valence-electron chi connectivity index (χ2n) is 35.0. The van der Waals surface area contributed by atoms with Gasteiger partial charge in [0.15, 0.2) is 17.3 Å². The number of Topliss-reactive ketones (excluding diaryl/α,β-unsaturated/α-hetero) is 3. The number of hydrogen-bond donors (Lipinski definition) is 0. The van der Waals surface area contributed by atoms with Gasteiger partial charge in [0.1, 0.15) is 0 Å². The van der Waals surface area contributed by atoms with Crippen molar-refractivity contribution in [2.24, 2.45) is 45.3 Å². The van der Waals surface area contributed by atoms with Crippen LogP contribution in [0.3, 0.4) is 0 Å². The zero-order valence-corrected chi connectivity index (χ0v) is 57.0. The first-order valence-electron chi connectivity index (χ1n) is 36.1. The maximum Gasteiger partial charge on any atom is 0.169 e. The van der Waals surface area contributed by atoms with Crippen LogP contribution in [0.25, 0.3) is 114 Å². The van der Waals surface area contributed by atoms with Gasteiger partial charge in [-0.3, -0.25) is 14.4 Å². The van der Waals surface area contributed by atoms with Gasteiger partial charge in [0.2, 0.25) is 0 Å². The van der Waals surface area contributed by atoms with E-state index in [-0.39, 0.29) is 61.1 Å². The van der Waals surface area contributed by atoms with E-state index in [2.05, 4.69) is 177 Å². The Bertz CT molecular complexity index is 5520. The molecule has 8 aromatic carbocycles. The predicted molar refractivity (Wildman–Crippen MR) is 386 cm³/mol. The number of nitrogens with zero attached hydrogens (tertiary/aromatic N) is 2. The first kappa shape index (κ1) is 57.3. The van der Waals surface area contributed by atoms with Gasteiger partial charge in [-0.1, -0.05) is 114 Å². The second kappa shape index (κ2) is 17.5. The Kier molecular flexibility index (Phi) is 10.8. The molecule has 6 nitrogen and oxygen atoms in total. The van der Waals surface area contributed by atoms with E-state index in [1.165, 1.54) is 125 Å². The highest BCUT2D eigenvalue weighted by Crippen LogP contribution is 2.65. The summed E-state index contributed by atoms with van der Waals surface area (Å²) in [6.45, 7) is 33.7. The van der Waals surface area contributed by atoms with E-state index in [0.29, 0.717) is 23.3 Å². The van der Waals surface area contributed by atoms with E-state index >= 15 is 14.4 Å². The molecule has 472 valence electrons. The zero-order chi connectivity index (χ0) is 63.2. The lowest BCUT2D eigenvalue weighted by Gasteiger charge is -2.45. The number of ketones is 3. The van der Waals surface area contributed by atoms with Crippen LogP contribution in [0.15, 0.2) is 91.5 Å². The Hall–Kier alpha value is -7.15. The van der Waals surface area contributed by atoms with Crippen molar-refractivity contribution in [2.75, 3.05) is 0 Å². The van der Waals surface area contributed by atoms with Gasteiger partial charge in [-0.05, 0) is 269 Å². The molecule has 12 aromatic rings. The molecule has 0 radical (unpaired) electrons. The smallest absolute Gasteiger partial charge is 0.169 e. The quantitative estimate of drug-likeness (QED) is 0.164. The molecule has 12 aliphatic carbocycles. The largest absolute Gasteiger partial charge is 0.412 e. The van der Waals surface area contributed by atoms with Gasteiger partial charge in [-0.15, -0.1) is 0 Å². The van der Waals surface area contributed by atoms with Crippen LogP contribution < -0.4 is 0 Å². The summed E-state index contributed by atoms with van der Waals surface area (Å²) < 4.78 is 5.18. The molecule has 0 amide bonds. The molecule has 0 aliphatic heterocycles. The van der Waals surface area contributed by atoms with Crippen molar-refractivity contribution in [1.29, 1.82) is 0 Å². The van der Waals surface area contributed by atoms with Crippen LogP contribution in [0.2, 0.25) is 0 Å². The van der Waals surface area contributed by atoms with Gasteiger partial charge < -0.3 is 14.3 Å². The van der Waals surface area contributed by atoms with Crippen molar-refractivity contribution in [3.63, 3.8) is 0 Å². The van der Waals surface area contributed by atoms with Crippen molar-refractivity contribution < 1.29 is 19.9 Å². The number of carbonyl (C=O) groups excluding carboxylic acids is 3. The average Bonchev–Trinajstić information content (AvgIpc) is 1.51. The first-order valence-corrected chi connectivity index (χ1v) is 36.1. The molecule has 0 unspecified atom stereocenters. The summed E-state index contributed by atoms with van der Waals surface area (Å²) in [7, 11) is 0. The topological polar surface area (TPSA) is 91.5 Å². The lowest BCUT2D eigenvalue weighted by atomic mass is 9.59. The molecule has 12 aliphatic rings. The van der Waals surface area contributed by atoms with E-state index in [9.17, 15) is 0 Å². The molecule has 4 fully saturated rings. The molecule has 2 N–H and O–H groups in total. The number of hydrogen-bond acceptors (Lipinski definition) is 3. The van der Waals surface area contributed by atoms with Crippen molar-refractivity contribution >= 4 is 131 Å². The minimum Gasteiger partial charge on any atom is -0.412 e. The molecule has 4 saturated carbocycles. The summed E-state index contributed by atoms with van der Waals surface area (Å²) in [5, 5.41) is 17.5. The number of allylic oxidation sites excluding steroid dienone is 1. The number of carbonyl (C=O) groups is 3. The Morgan fingerprint density at radius 3 is 1.00 bits per heavy atom. The van der Waals surface area contributed by atoms with Crippen LogP contribution in [-0.2, 0) is 21.7 Å². The van der Waals surface area contributed by atoms with Crippen LogP contribution in [0.5, 0.6) is 0 Å². The molecule has 6 heteroatoms. The summed E-state index contributed by atoms with van der Waals surface area (Å²) in [4.78, 5) is 47.5. The summed E-state index contributed by atoms with van der Waals surface area (Å²) in [6, 6.07) is 34.4. The second-order valence-corrected chi connectivity index (χ2v) is 35.0. The van der Waals surface area contributed by atoms with Crippen LogP contribution in [0.1, 0.15) is 245 Å². The van der Waals surface area contributed by atoms with Gasteiger partial charge in [-0.2, -0.15) is 0 Å². The van der Waals surface area contributed by atoms with Gasteiger partial charge in [0.25, 0.3) is 0 Å². The fraction of sp³-hybridized carbons (Fsp3) is 0.460. The van der Waals surface area contributed by atoms with Crippen molar-refractivity contribution in [2.45, 2.75) is 207 Å². The Labute approximate surface area is 545 Å². The van der Waals surface area contributed by atoms with Crippen LogP contribution in [0, 0.1) is 45.3 Å². The SMILES string of the molecule is C=C1c2cc3c(cc2C2(C)CCC1(C(C)C)CC2)c1cc2c4ccccc4c4c(cc5c6cc7c(cc6n6c8cc9c(cc8c4c56)C4(C)CCC(C(C)C)(CC4)C9=O)C(=O)C4(C(C)C)CCC7(C)CC4)c2c2c4cc5c(cc4n3c12)C(=O)C1(C(C)C)CCC5(C)CC1.O. The van der Waals surface area contributed by atoms with Gasteiger partial charge >= 0.3 is 0 Å². The lowest BCUT2D eigenvalue weighted by Crippen LogP contribution is -2.39. The van der Waals surface area contributed by atoms with Crippen LogP contribution >= 0.6 is 0 Å². The highest BCUT2D eigenvalue weighted by molar-refractivity contribution is 6.46. The summed E-state index contributed by atoms with van der Waals surface area (Å²) >= 11 is 0. The van der Waals surface area contributed by atoms with Gasteiger partial charge in [-0.25, -0.2) is 0 Å². The summed E-state index contributed by atoms with van der Waals surface area (Å²) in [6.07, 6.45) is 16.2. The van der Waals surface area contributed by atoms with Crippen molar-refractivity contribution in [1.82, 2.24) is 8.80 Å². The zero-order valence-electron chi connectivity index (χ0n) is 57.0. The molecular formula is C87H90N2O4. The fourth-order valence-electron chi connectivity index (χ4n) is 23.7. The van der Waals surface area contributed by atoms with Crippen LogP contribution in [0.4, 0.5) is 0 Å². The monoisotopic (exact) mass is 1230 g/mol. The lowest BCUT2D eigenvalue weighted by molar-refractivity contribution is 0.0537. The van der Waals surface area contributed by atoms with Gasteiger partial charge in [0.05, 0.1) is 33.1 Å². The molecule has 93 heavy (non-hydrogen) atoms. The minimum absolute atomic E-state index is 0. The molecule has 0 spiro atoms. The van der Waals surface area contributed by atoms with E-state index in [4.69, 9.17) is 6.58 Å². The molecule has 24 rings (SSSR count). The molecule has 4 aromatic heterocycles. The summed E-state index contributed by atoms with van der Waals surface area (Å²) in [5.41, 5.74) is 16.0. The number of rotatable bonds is 4. The highest BCUT2D eigenvalue weighted by atomic mass is 16.1.